The number of anilines is 1. The van der Waals surface area contributed by atoms with Crippen LogP contribution in [0.15, 0.2) is 36.5 Å². The van der Waals surface area contributed by atoms with Gasteiger partial charge in [-0.1, -0.05) is 0 Å². The lowest BCUT2D eigenvalue weighted by Gasteiger charge is -2.00. The minimum Gasteiger partial charge on any atom is -0.497 e. The fourth-order valence-electron chi connectivity index (χ4n) is 2.02. The van der Waals surface area contributed by atoms with E-state index in [0.717, 1.165) is 22.8 Å². The first-order chi connectivity index (χ1) is 11.6. The Hall–Kier alpha value is -3.00. The van der Waals surface area contributed by atoms with Crippen molar-refractivity contribution in [1.29, 1.82) is 0 Å². The maximum absolute atomic E-state index is 12.1. The summed E-state index contributed by atoms with van der Waals surface area (Å²) in [6.07, 6.45) is 1.50. The summed E-state index contributed by atoms with van der Waals surface area (Å²) in [5.74, 6) is 0.785. The van der Waals surface area contributed by atoms with Gasteiger partial charge in [0, 0.05) is 28.9 Å². The van der Waals surface area contributed by atoms with E-state index in [1.165, 1.54) is 19.2 Å². The van der Waals surface area contributed by atoms with Crippen molar-refractivity contribution in [3.05, 3.63) is 47.8 Å². The zero-order valence-corrected chi connectivity index (χ0v) is 13.8. The lowest BCUT2D eigenvalue weighted by molar-refractivity contribution is 0.101. The molecule has 8 heteroatoms. The number of Topliss-reactive ketones (excluding diaryl/α,β-unsaturated/α-hetero) is 1. The fraction of sp³-hybridized carbons (Fsp3) is 0.125. The normalized spacial score (nSPS) is 10.4. The molecule has 3 rings (SSSR count). The topological polar surface area (TPSA) is 97.0 Å². The molecule has 24 heavy (non-hydrogen) atoms. The minimum atomic E-state index is -0.375. The second kappa shape index (κ2) is 6.63. The van der Waals surface area contributed by atoms with Gasteiger partial charge in [0.2, 0.25) is 5.13 Å². The zero-order chi connectivity index (χ0) is 17.1. The molecule has 122 valence electrons. The van der Waals surface area contributed by atoms with Gasteiger partial charge in [-0.2, -0.15) is 9.36 Å². The maximum atomic E-state index is 12.1. The number of nitrogens with one attached hydrogen (secondary N) is 2. The Balaban J connectivity index is 1.72. The standard InChI is InChI=1S/C16H14N4O3S/c1-9(21)11-7-13(17-8-11)15(22)19-16-18-14(20-24-16)10-3-5-12(23-2)6-4-10/h3-8,17H,1-2H3,(H,18,19,20,22). The number of ketones is 1. The predicted octanol–water partition coefficient (Wildman–Crippen LogP) is 3.00. The van der Waals surface area contributed by atoms with E-state index < -0.39 is 0 Å². The third-order valence-corrected chi connectivity index (χ3v) is 3.96. The molecule has 0 unspecified atom stereocenters. The first-order valence-electron chi connectivity index (χ1n) is 7.05. The summed E-state index contributed by atoms with van der Waals surface area (Å²) >= 11 is 1.09. The molecule has 1 amide bonds. The number of aromatic nitrogens is 3. The van der Waals surface area contributed by atoms with Gasteiger partial charge in [0.25, 0.3) is 5.91 Å². The van der Waals surface area contributed by atoms with Gasteiger partial charge in [-0.3, -0.25) is 14.9 Å². The van der Waals surface area contributed by atoms with Gasteiger partial charge < -0.3 is 9.72 Å². The summed E-state index contributed by atoms with van der Waals surface area (Å²) in [4.78, 5) is 30.5. The Morgan fingerprint density at radius 2 is 2.00 bits per heavy atom. The molecule has 0 saturated heterocycles. The van der Waals surface area contributed by atoms with E-state index >= 15 is 0 Å². The molecule has 0 spiro atoms. The van der Waals surface area contributed by atoms with Crippen LogP contribution in [0.2, 0.25) is 0 Å². The highest BCUT2D eigenvalue weighted by Gasteiger charge is 2.14. The van der Waals surface area contributed by atoms with E-state index in [-0.39, 0.29) is 11.7 Å². The number of methoxy groups -OCH3 is 1. The Labute approximate surface area is 141 Å². The van der Waals surface area contributed by atoms with Crippen LogP contribution in [0.3, 0.4) is 0 Å². The van der Waals surface area contributed by atoms with Gasteiger partial charge in [0.15, 0.2) is 11.6 Å². The maximum Gasteiger partial charge on any atom is 0.273 e. The van der Waals surface area contributed by atoms with E-state index in [1.807, 2.05) is 24.3 Å². The fourth-order valence-corrected chi connectivity index (χ4v) is 2.61. The zero-order valence-electron chi connectivity index (χ0n) is 13.0. The molecule has 1 aromatic carbocycles. The van der Waals surface area contributed by atoms with Gasteiger partial charge in [-0.15, -0.1) is 0 Å². The summed E-state index contributed by atoms with van der Waals surface area (Å²) in [5, 5.41) is 3.04. The smallest absolute Gasteiger partial charge is 0.273 e. The quantitative estimate of drug-likeness (QED) is 0.695. The van der Waals surface area contributed by atoms with Crippen molar-refractivity contribution < 1.29 is 14.3 Å². The number of hydrogen-bond donors (Lipinski definition) is 2. The van der Waals surface area contributed by atoms with Crippen molar-refractivity contribution in [3.8, 4) is 17.1 Å². The summed E-state index contributed by atoms with van der Waals surface area (Å²) in [6, 6.07) is 8.82. The van der Waals surface area contributed by atoms with E-state index in [9.17, 15) is 9.59 Å². The number of amides is 1. The van der Waals surface area contributed by atoms with Gasteiger partial charge in [-0.25, -0.2) is 0 Å². The van der Waals surface area contributed by atoms with Crippen molar-refractivity contribution in [2.24, 2.45) is 0 Å². The van der Waals surface area contributed by atoms with Crippen molar-refractivity contribution in [2.45, 2.75) is 6.92 Å². The number of H-pyrrole nitrogens is 1. The summed E-state index contributed by atoms with van der Waals surface area (Å²) in [6.45, 7) is 1.44. The first kappa shape index (κ1) is 15.9. The number of carbonyl (C=O) groups excluding carboxylic acids is 2. The monoisotopic (exact) mass is 342 g/mol. The third-order valence-electron chi connectivity index (χ3n) is 3.33. The summed E-state index contributed by atoms with van der Waals surface area (Å²) in [7, 11) is 1.60. The van der Waals surface area contributed by atoms with E-state index in [1.54, 1.807) is 7.11 Å². The number of benzene rings is 1. The molecule has 0 aliphatic rings. The van der Waals surface area contributed by atoms with Gasteiger partial charge in [0.05, 0.1) is 7.11 Å². The van der Waals surface area contributed by atoms with Crippen LogP contribution < -0.4 is 10.1 Å². The molecule has 2 N–H and O–H groups in total. The third kappa shape index (κ3) is 3.33. The summed E-state index contributed by atoms with van der Waals surface area (Å²) < 4.78 is 9.34. The number of ether oxygens (including phenoxy) is 1. The van der Waals surface area contributed by atoms with Crippen LogP contribution in [0, 0.1) is 0 Å². The van der Waals surface area contributed by atoms with Crippen LogP contribution >= 0.6 is 11.5 Å². The van der Waals surface area contributed by atoms with E-state index in [2.05, 4.69) is 19.7 Å². The van der Waals surface area contributed by atoms with Crippen molar-refractivity contribution in [1.82, 2.24) is 14.3 Å². The highest BCUT2D eigenvalue weighted by Crippen LogP contribution is 2.23. The number of aromatic amines is 1. The van der Waals surface area contributed by atoms with E-state index in [0.29, 0.717) is 22.2 Å². The van der Waals surface area contributed by atoms with Crippen molar-refractivity contribution >= 4 is 28.4 Å². The van der Waals surface area contributed by atoms with E-state index in [4.69, 9.17) is 4.74 Å². The minimum absolute atomic E-state index is 0.108. The first-order valence-corrected chi connectivity index (χ1v) is 7.83. The van der Waals surface area contributed by atoms with Gasteiger partial charge in [-0.05, 0) is 37.3 Å². The van der Waals surface area contributed by atoms with Crippen molar-refractivity contribution in [2.75, 3.05) is 12.4 Å². The number of rotatable bonds is 5. The molecular weight excluding hydrogens is 328 g/mol. The van der Waals surface area contributed by atoms with Gasteiger partial charge >= 0.3 is 0 Å². The Kier molecular flexibility index (Phi) is 4.39. The lowest BCUT2D eigenvalue weighted by Crippen LogP contribution is -2.11. The highest BCUT2D eigenvalue weighted by atomic mass is 32.1. The second-order valence-electron chi connectivity index (χ2n) is 4.96. The highest BCUT2D eigenvalue weighted by molar-refractivity contribution is 7.10. The van der Waals surface area contributed by atoms with Crippen LogP contribution in [0.25, 0.3) is 11.4 Å². The molecule has 7 nitrogen and oxygen atoms in total. The van der Waals surface area contributed by atoms with Crippen LogP contribution in [0.4, 0.5) is 5.13 Å². The Morgan fingerprint density at radius 3 is 2.62 bits per heavy atom. The average molecular weight is 342 g/mol. The molecule has 0 atom stereocenters. The van der Waals surface area contributed by atoms with Crippen molar-refractivity contribution in [3.63, 3.8) is 0 Å². The number of carbonyl (C=O) groups is 2. The molecule has 0 fully saturated rings. The molecular formula is C16H14N4O3S. The second-order valence-corrected chi connectivity index (χ2v) is 5.72. The number of nitrogens with zero attached hydrogens (tertiary/aromatic N) is 2. The molecule has 0 bridgehead atoms. The average Bonchev–Trinajstić information content (AvgIpc) is 3.24. The molecule has 0 aliphatic heterocycles. The predicted molar refractivity (Wildman–Crippen MR) is 90.6 cm³/mol. The van der Waals surface area contributed by atoms with Crippen LogP contribution in [-0.2, 0) is 0 Å². The number of hydrogen-bond acceptors (Lipinski definition) is 6. The largest absolute Gasteiger partial charge is 0.497 e. The molecule has 3 aromatic rings. The summed E-state index contributed by atoms with van der Waals surface area (Å²) in [5.41, 5.74) is 1.57. The molecule has 0 saturated carbocycles. The van der Waals surface area contributed by atoms with Crippen LogP contribution in [0.5, 0.6) is 5.75 Å². The molecule has 0 radical (unpaired) electrons. The van der Waals surface area contributed by atoms with Gasteiger partial charge in [0.1, 0.15) is 11.4 Å². The molecule has 2 heterocycles. The lowest BCUT2D eigenvalue weighted by atomic mass is 10.2. The van der Waals surface area contributed by atoms with Crippen LogP contribution in [-0.4, -0.2) is 33.1 Å². The molecule has 2 aromatic heterocycles. The Morgan fingerprint density at radius 1 is 1.25 bits per heavy atom. The SMILES string of the molecule is COc1ccc(-c2nsc(NC(=O)c3cc(C(C)=O)c[nH]3)n2)cc1. The van der Waals surface area contributed by atoms with Crippen LogP contribution in [0.1, 0.15) is 27.8 Å². The molecule has 0 aliphatic carbocycles. The Bertz CT molecular complexity index is 883.